The molecular formula is C29H35BrN4O3S. The molecule has 4 rings (SSSR count). The van der Waals surface area contributed by atoms with Crippen LogP contribution in [0.25, 0.3) is 0 Å². The van der Waals surface area contributed by atoms with Crippen molar-refractivity contribution in [2.24, 2.45) is 0 Å². The fraction of sp³-hybridized carbons (Fsp3) is 0.414. The highest BCUT2D eigenvalue weighted by Crippen LogP contribution is 2.41. The van der Waals surface area contributed by atoms with E-state index >= 15 is 0 Å². The van der Waals surface area contributed by atoms with Crippen molar-refractivity contribution in [1.82, 2.24) is 14.8 Å². The van der Waals surface area contributed by atoms with Crippen molar-refractivity contribution < 1.29 is 14.3 Å². The highest BCUT2D eigenvalue weighted by molar-refractivity contribution is 9.10. The summed E-state index contributed by atoms with van der Waals surface area (Å²) in [6, 6.07) is 13.8. The third-order valence-electron chi connectivity index (χ3n) is 6.24. The van der Waals surface area contributed by atoms with Crippen molar-refractivity contribution >= 4 is 39.6 Å². The number of fused-ring (bicyclic) bond motifs is 1. The zero-order valence-electron chi connectivity index (χ0n) is 22.8. The molecule has 0 saturated heterocycles. The van der Waals surface area contributed by atoms with Crippen molar-refractivity contribution in [1.29, 1.82) is 0 Å². The first-order chi connectivity index (χ1) is 18.1. The summed E-state index contributed by atoms with van der Waals surface area (Å²) >= 11 is 5.21. The molecule has 9 heteroatoms. The number of hydrogen-bond donors (Lipinski definition) is 1. The van der Waals surface area contributed by atoms with Crippen molar-refractivity contribution in [3.05, 3.63) is 74.9 Å². The van der Waals surface area contributed by atoms with E-state index in [1.165, 1.54) is 5.56 Å². The number of rotatable bonds is 9. The number of nitrogens with zero attached hydrogens (tertiary/aromatic N) is 3. The fourth-order valence-corrected chi connectivity index (χ4v) is 5.34. The smallest absolute Gasteiger partial charge is 0.338 e. The van der Waals surface area contributed by atoms with Crippen LogP contribution in [0.3, 0.4) is 0 Å². The van der Waals surface area contributed by atoms with Crippen LogP contribution in [0.15, 0.2) is 63.4 Å². The quantitative estimate of drug-likeness (QED) is 0.205. The first kappa shape index (κ1) is 28.2. The van der Waals surface area contributed by atoms with Gasteiger partial charge in [0.25, 0.3) is 0 Å². The van der Waals surface area contributed by atoms with Gasteiger partial charge in [-0.15, -0.1) is 5.10 Å². The summed E-state index contributed by atoms with van der Waals surface area (Å²) in [7, 11) is 0. The first-order valence-electron chi connectivity index (χ1n) is 12.9. The molecule has 0 spiro atoms. The lowest BCUT2D eigenvalue weighted by molar-refractivity contribution is -0.139. The second-order valence-corrected chi connectivity index (χ2v) is 12.2. The van der Waals surface area contributed by atoms with Crippen LogP contribution in [0.2, 0.25) is 0 Å². The summed E-state index contributed by atoms with van der Waals surface area (Å²) in [6.45, 7) is 13.1. The number of thioether (sulfide) groups is 1. The zero-order chi connectivity index (χ0) is 27.4. The average Bonchev–Trinajstić information content (AvgIpc) is 3.28. The van der Waals surface area contributed by atoms with Gasteiger partial charge in [-0.25, -0.2) is 9.48 Å². The molecule has 3 aromatic rings. The van der Waals surface area contributed by atoms with Gasteiger partial charge in [0.15, 0.2) is 0 Å². The molecule has 0 fully saturated rings. The molecule has 1 aliphatic rings. The normalized spacial score (nSPS) is 15.2. The molecule has 38 heavy (non-hydrogen) atoms. The Kier molecular flexibility index (Phi) is 8.88. The van der Waals surface area contributed by atoms with E-state index in [2.05, 4.69) is 73.2 Å². The van der Waals surface area contributed by atoms with Gasteiger partial charge in [-0.2, -0.15) is 4.98 Å². The molecule has 1 aliphatic heterocycles. The number of carbonyl (C=O) groups is 1. The molecule has 0 amide bonds. The third-order valence-corrected chi connectivity index (χ3v) is 7.78. The van der Waals surface area contributed by atoms with Crippen molar-refractivity contribution in [2.75, 3.05) is 17.7 Å². The van der Waals surface area contributed by atoms with E-state index in [4.69, 9.17) is 19.6 Å². The van der Waals surface area contributed by atoms with E-state index in [0.717, 1.165) is 27.8 Å². The number of carbonyl (C=O) groups excluding carboxylic acids is 1. The van der Waals surface area contributed by atoms with Crippen molar-refractivity contribution in [3.63, 3.8) is 0 Å². The van der Waals surface area contributed by atoms with Gasteiger partial charge in [0.2, 0.25) is 11.1 Å². The molecule has 7 nitrogen and oxygen atoms in total. The number of nitrogens with one attached hydrogen (secondary N) is 1. The minimum absolute atomic E-state index is 0.0880. The molecular weight excluding hydrogens is 564 g/mol. The molecule has 2 heterocycles. The average molecular weight is 600 g/mol. The number of benzene rings is 2. The number of ether oxygens (including phenoxy) is 2. The summed E-state index contributed by atoms with van der Waals surface area (Å²) in [5.41, 5.74) is 4.39. The van der Waals surface area contributed by atoms with Gasteiger partial charge < -0.3 is 14.8 Å². The number of esters is 1. The van der Waals surface area contributed by atoms with E-state index in [0.29, 0.717) is 34.7 Å². The number of halogens is 1. The van der Waals surface area contributed by atoms with Gasteiger partial charge in [-0.3, -0.25) is 0 Å². The van der Waals surface area contributed by atoms with Crippen LogP contribution in [-0.4, -0.2) is 33.1 Å². The van der Waals surface area contributed by atoms with Gasteiger partial charge in [-0.05, 0) is 55.0 Å². The second-order valence-electron chi connectivity index (χ2n) is 10.2. The predicted molar refractivity (Wildman–Crippen MR) is 156 cm³/mol. The van der Waals surface area contributed by atoms with E-state index in [-0.39, 0.29) is 12.0 Å². The van der Waals surface area contributed by atoms with Gasteiger partial charge in [0.1, 0.15) is 18.4 Å². The summed E-state index contributed by atoms with van der Waals surface area (Å²) in [4.78, 5) is 17.9. The molecule has 0 bridgehead atoms. The lowest BCUT2D eigenvalue weighted by Crippen LogP contribution is -2.30. The van der Waals surface area contributed by atoms with Gasteiger partial charge >= 0.3 is 5.97 Å². The van der Waals surface area contributed by atoms with E-state index in [1.807, 2.05) is 25.1 Å². The Morgan fingerprint density at radius 1 is 1.16 bits per heavy atom. The zero-order valence-corrected chi connectivity index (χ0v) is 25.2. The molecule has 1 aromatic heterocycles. The number of anilines is 1. The second kappa shape index (κ2) is 11.9. The molecule has 0 aliphatic carbocycles. The molecule has 2 aromatic carbocycles. The SMILES string of the molecule is CCCSc1nc2n(n1)C(c1cc(Br)ccc1OCc1ccc(C(C)(C)C)cc1)C(C(=O)OCC)=C(C)N2. The maximum Gasteiger partial charge on any atom is 0.338 e. The predicted octanol–water partition coefficient (Wildman–Crippen LogP) is 7.27. The molecule has 1 unspecified atom stereocenters. The highest BCUT2D eigenvalue weighted by Gasteiger charge is 2.37. The number of hydrogen-bond acceptors (Lipinski definition) is 7. The van der Waals surface area contributed by atoms with Crippen molar-refractivity contribution in [3.8, 4) is 5.75 Å². The third kappa shape index (κ3) is 6.26. The van der Waals surface area contributed by atoms with Crippen molar-refractivity contribution in [2.45, 2.75) is 71.2 Å². The molecule has 0 saturated carbocycles. The Labute approximate surface area is 237 Å². The lowest BCUT2D eigenvalue weighted by atomic mass is 9.87. The van der Waals surface area contributed by atoms with Gasteiger partial charge in [-0.1, -0.05) is 79.7 Å². The van der Waals surface area contributed by atoms with Crippen LogP contribution >= 0.6 is 27.7 Å². The minimum Gasteiger partial charge on any atom is -0.489 e. The van der Waals surface area contributed by atoms with Crippen LogP contribution in [0, 0.1) is 0 Å². The maximum absolute atomic E-state index is 13.2. The van der Waals surface area contributed by atoms with Crippen LogP contribution in [-0.2, 0) is 21.6 Å². The molecule has 0 radical (unpaired) electrons. The van der Waals surface area contributed by atoms with Crippen LogP contribution in [0.5, 0.6) is 5.75 Å². The molecule has 1 N–H and O–H groups in total. The highest BCUT2D eigenvalue weighted by atomic mass is 79.9. The lowest BCUT2D eigenvalue weighted by Gasteiger charge is -2.29. The van der Waals surface area contributed by atoms with Crippen LogP contribution in [0.4, 0.5) is 5.95 Å². The Morgan fingerprint density at radius 3 is 2.55 bits per heavy atom. The monoisotopic (exact) mass is 598 g/mol. The topological polar surface area (TPSA) is 78.3 Å². The van der Waals surface area contributed by atoms with E-state index < -0.39 is 12.0 Å². The maximum atomic E-state index is 13.2. The minimum atomic E-state index is -0.565. The fourth-order valence-electron chi connectivity index (χ4n) is 4.27. The Bertz CT molecular complexity index is 1330. The first-order valence-corrected chi connectivity index (χ1v) is 14.7. The van der Waals surface area contributed by atoms with E-state index in [9.17, 15) is 4.79 Å². The van der Waals surface area contributed by atoms with Gasteiger partial charge in [0.05, 0.1) is 12.2 Å². The summed E-state index contributed by atoms with van der Waals surface area (Å²) in [5.74, 6) is 1.77. The Balaban J connectivity index is 1.74. The van der Waals surface area contributed by atoms with Gasteiger partial charge in [0, 0.05) is 21.5 Å². The standard InChI is InChI=1S/C29H35BrN4O3S/c1-7-15-38-28-32-27-31-18(3)24(26(35)36-8-2)25(34(27)33-28)22-16-21(30)13-14-23(22)37-17-19-9-11-20(12-10-19)29(4,5)6/h9-14,16,25H,7-8,15,17H2,1-6H3,(H,31,32,33). The summed E-state index contributed by atoms with van der Waals surface area (Å²) < 4.78 is 14.5. The van der Waals surface area contributed by atoms with Crippen LogP contribution < -0.4 is 10.1 Å². The molecule has 1 atom stereocenters. The molecule has 202 valence electrons. The Hall–Kier alpha value is -2.78. The van der Waals surface area contributed by atoms with Crippen LogP contribution in [0.1, 0.15) is 70.7 Å². The Morgan fingerprint density at radius 2 is 1.89 bits per heavy atom. The number of allylic oxidation sites excluding steroid dienone is 1. The number of aromatic nitrogens is 3. The van der Waals surface area contributed by atoms with E-state index in [1.54, 1.807) is 23.4 Å². The summed E-state index contributed by atoms with van der Waals surface area (Å²) in [6.07, 6.45) is 1.01. The largest absolute Gasteiger partial charge is 0.489 e. The summed E-state index contributed by atoms with van der Waals surface area (Å²) in [5, 5.41) is 8.71.